The van der Waals surface area contributed by atoms with Crippen LogP contribution in [0.4, 0.5) is 5.69 Å². The minimum absolute atomic E-state index is 0.0732. The summed E-state index contributed by atoms with van der Waals surface area (Å²) in [5.74, 6) is 1.33. The summed E-state index contributed by atoms with van der Waals surface area (Å²) >= 11 is 0. The van der Waals surface area contributed by atoms with Crippen molar-refractivity contribution in [1.82, 2.24) is 4.90 Å². The number of nitrogens with two attached hydrogens (primary N) is 1. The summed E-state index contributed by atoms with van der Waals surface area (Å²) in [5.41, 5.74) is 8.11. The lowest BCUT2D eigenvalue weighted by atomic mass is 9.65. The Balaban J connectivity index is 1.55. The number of nitrogens with one attached hydrogen (secondary N) is 1. The van der Waals surface area contributed by atoms with Crippen LogP contribution < -0.4 is 11.1 Å². The summed E-state index contributed by atoms with van der Waals surface area (Å²) in [4.78, 5) is 26.8. The number of carbonyl (C=O) groups is 2. The van der Waals surface area contributed by atoms with Gasteiger partial charge in [0.05, 0.1) is 6.42 Å². The Hall–Kier alpha value is -1.88. The zero-order valence-corrected chi connectivity index (χ0v) is 16.6. The van der Waals surface area contributed by atoms with Gasteiger partial charge in [0.1, 0.15) is 0 Å². The van der Waals surface area contributed by atoms with Crippen LogP contribution in [0.2, 0.25) is 0 Å². The highest BCUT2D eigenvalue weighted by Gasteiger charge is 2.40. The number of hydrogen-bond acceptors (Lipinski definition) is 3. The maximum atomic E-state index is 12.7. The first-order chi connectivity index (χ1) is 13.0. The highest BCUT2D eigenvalue weighted by atomic mass is 16.2. The summed E-state index contributed by atoms with van der Waals surface area (Å²) in [6.07, 6.45) is 5.82. The molecule has 0 heterocycles. The molecule has 2 fully saturated rings. The topological polar surface area (TPSA) is 75.4 Å². The van der Waals surface area contributed by atoms with E-state index in [9.17, 15) is 9.59 Å². The number of carbonyl (C=O) groups excluding carboxylic acids is 2. The van der Waals surface area contributed by atoms with Gasteiger partial charge in [-0.25, -0.2) is 0 Å². The molecule has 0 aliphatic heterocycles. The van der Waals surface area contributed by atoms with Crippen LogP contribution in [-0.4, -0.2) is 35.8 Å². The van der Waals surface area contributed by atoms with Gasteiger partial charge in [0.15, 0.2) is 0 Å². The predicted octanol–water partition coefficient (Wildman–Crippen LogP) is 3.19. The molecule has 2 amide bonds. The molecule has 27 heavy (non-hydrogen) atoms. The third-order valence-corrected chi connectivity index (χ3v) is 6.48. The Morgan fingerprint density at radius 1 is 1.07 bits per heavy atom. The summed E-state index contributed by atoms with van der Waals surface area (Å²) in [7, 11) is 0. The molecule has 3 rings (SSSR count). The van der Waals surface area contributed by atoms with Crippen molar-refractivity contribution in [3.8, 4) is 0 Å². The maximum absolute atomic E-state index is 12.7. The third-order valence-electron chi connectivity index (χ3n) is 6.48. The number of benzene rings is 1. The summed E-state index contributed by atoms with van der Waals surface area (Å²) < 4.78 is 0. The van der Waals surface area contributed by atoms with Crippen LogP contribution in [0.25, 0.3) is 0 Å². The second-order valence-electron chi connectivity index (χ2n) is 8.13. The molecule has 0 aromatic heterocycles. The van der Waals surface area contributed by atoms with E-state index in [1.54, 1.807) is 0 Å². The smallest absolute Gasteiger partial charge is 0.227 e. The number of rotatable bonds is 6. The van der Waals surface area contributed by atoms with Crippen molar-refractivity contribution < 1.29 is 9.59 Å². The van der Waals surface area contributed by atoms with Crippen LogP contribution in [0.15, 0.2) is 24.3 Å². The Bertz CT molecular complexity index is 640. The van der Waals surface area contributed by atoms with Crippen molar-refractivity contribution in [3.63, 3.8) is 0 Å². The minimum Gasteiger partial charge on any atom is -0.343 e. The molecule has 5 heteroatoms. The molecule has 2 saturated carbocycles. The van der Waals surface area contributed by atoms with Gasteiger partial charge < -0.3 is 16.0 Å². The number of nitrogens with zero attached hydrogens (tertiary/aromatic N) is 1. The normalized spacial score (nSPS) is 27.1. The molecule has 1 aromatic rings. The van der Waals surface area contributed by atoms with Crippen LogP contribution in [0.5, 0.6) is 0 Å². The van der Waals surface area contributed by atoms with E-state index in [-0.39, 0.29) is 23.8 Å². The molecule has 5 nitrogen and oxygen atoms in total. The molecule has 0 radical (unpaired) electrons. The Morgan fingerprint density at radius 3 is 2.22 bits per heavy atom. The van der Waals surface area contributed by atoms with Crippen LogP contribution in [0.3, 0.4) is 0 Å². The van der Waals surface area contributed by atoms with Gasteiger partial charge in [-0.05, 0) is 69.1 Å². The van der Waals surface area contributed by atoms with Crippen LogP contribution in [0, 0.1) is 17.8 Å². The predicted molar refractivity (Wildman–Crippen MR) is 108 cm³/mol. The second kappa shape index (κ2) is 8.87. The summed E-state index contributed by atoms with van der Waals surface area (Å²) in [6, 6.07) is 7.95. The third kappa shape index (κ3) is 4.70. The monoisotopic (exact) mass is 371 g/mol. The fourth-order valence-electron chi connectivity index (χ4n) is 4.82. The van der Waals surface area contributed by atoms with Crippen LogP contribution >= 0.6 is 0 Å². The van der Waals surface area contributed by atoms with E-state index in [4.69, 9.17) is 5.73 Å². The lowest BCUT2D eigenvalue weighted by Gasteiger charge is -2.43. The largest absolute Gasteiger partial charge is 0.343 e. The second-order valence-corrected chi connectivity index (χ2v) is 8.13. The Morgan fingerprint density at radius 2 is 1.67 bits per heavy atom. The van der Waals surface area contributed by atoms with Gasteiger partial charge >= 0.3 is 0 Å². The zero-order valence-electron chi connectivity index (χ0n) is 16.6. The minimum atomic E-state index is 0.0732. The van der Waals surface area contributed by atoms with Gasteiger partial charge in [0.25, 0.3) is 0 Å². The highest BCUT2D eigenvalue weighted by Crippen LogP contribution is 2.42. The fourth-order valence-corrected chi connectivity index (χ4v) is 4.82. The maximum Gasteiger partial charge on any atom is 0.227 e. The lowest BCUT2D eigenvalue weighted by Crippen LogP contribution is -2.48. The van der Waals surface area contributed by atoms with E-state index in [2.05, 4.69) is 5.32 Å². The molecule has 0 saturated heterocycles. The van der Waals surface area contributed by atoms with Crippen molar-refractivity contribution in [2.75, 3.05) is 18.4 Å². The van der Waals surface area contributed by atoms with E-state index >= 15 is 0 Å². The lowest BCUT2D eigenvalue weighted by molar-refractivity contribution is -0.130. The number of fused-ring (bicyclic) bond motifs is 2. The molecule has 1 aromatic carbocycles. The molecule has 0 spiro atoms. The first-order valence-corrected chi connectivity index (χ1v) is 10.4. The van der Waals surface area contributed by atoms with Crippen molar-refractivity contribution in [1.29, 1.82) is 0 Å². The van der Waals surface area contributed by atoms with Gasteiger partial charge in [0, 0.05) is 30.7 Å². The van der Waals surface area contributed by atoms with Crippen LogP contribution in [-0.2, 0) is 16.0 Å². The summed E-state index contributed by atoms with van der Waals surface area (Å²) in [5, 5.41) is 3.07. The van der Waals surface area contributed by atoms with Gasteiger partial charge in [-0.2, -0.15) is 0 Å². The molecular formula is C22H33N3O2. The molecule has 3 N–H and O–H groups in total. The van der Waals surface area contributed by atoms with Gasteiger partial charge in [-0.15, -0.1) is 0 Å². The quantitative estimate of drug-likeness (QED) is 0.806. The molecular weight excluding hydrogens is 338 g/mol. The van der Waals surface area contributed by atoms with E-state index in [1.165, 1.54) is 6.42 Å². The van der Waals surface area contributed by atoms with E-state index in [0.29, 0.717) is 18.3 Å². The van der Waals surface area contributed by atoms with Gasteiger partial charge in [-0.1, -0.05) is 18.6 Å². The number of hydrogen-bond donors (Lipinski definition) is 2. The first kappa shape index (κ1) is 19.9. The van der Waals surface area contributed by atoms with Crippen molar-refractivity contribution in [3.05, 3.63) is 29.8 Å². The number of amides is 2. The molecule has 148 valence electrons. The number of likely N-dealkylation sites (N-methyl/N-ethyl adjacent to an activating group) is 1. The Kier molecular flexibility index (Phi) is 6.53. The van der Waals surface area contributed by atoms with Crippen LogP contribution in [0.1, 0.15) is 51.5 Å². The summed E-state index contributed by atoms with van der Waals surface area (Å²) in [6.45, 7) is 5.45. The molecule has 2 aliphatic rings. The average molecular weight is 372 g/mol. The molecule has 2 bridgehead atoms. The van der Waals surface area contributed by atoms with Crippen molar-refractivity contribution >= 4 is 17.5 Å². The van der Waals surface area contributed by atoms with Crippen molar-refractivity contribution in [2.24, 2.45) is 23.5 Å². The average Bonchev–Trinajstić information content (AvgIpc) is 2.64. The van der Waals surface area contributed by atoms with Gasteiger partial charge in [-0.3, -0.25) is 9.59 Å². The number of anilines is 1. The molecule has 2 unspecified atom stereocenters. The van der Waals surface area contributed by atoms with Crippen molar-refractivity contribution in [2.45, 2.75) is 58.4 Å². The fraction of sp³-hybridized carbons (Fsp3) is 0.636. The van der Waals surface area contributed by atoms with E-state index in [1.807, 2.05) is 43.0 Å². The highest BCUT2D eigenvalue weighted by molar-refractivity contribution is 5.92. The van der Waals surface area contributed by atoms with Gasteiger partial charge in [0.2, 0.25) is 11.8 Å². The Labute approximate surface area is 162 Å². The zero-order chi connectivity index (χ0) is 19.4. The standard InChI is InChI=1S/C22H33N3O2/c1-3-25(4-2)20(26)12-15-8-10-19(11-9-15)24-22(27)18-13-16-6-5-7-17(14-18)21(16)23/h8-11,16-18,21H,3-7,12-14,23H2,1-2H3,(H,24,27). The molecule has 2 aliphatic carbocycles. The molecule has 2 atom stereocenters. The first-order valence-electron chi connectivity index (χ1n) is 10.4. The van der Waals surface area contributed by atoms with E-state index < -0.39 is 0 Å². The SMILES string of the molecule is CCN(CC)C(=O)Cc1ccc(NC(=O)C2CC3CCCC(C2)C3N)cc1. The van der Waals surface area contributed by atoms with E-state index in [0.717, 1.165) is 50.0 Å².